The minimum absolute atomic E-state index is 0.648. The highest BCUT2D eigenvalue weighted by Crippen LogP contribution is 2.53. The van der Waals surface area contributed by atoms with Crippen LogP contribution in [0.15, 0.2) is 461 Å². The molecular formula is C131H76N12. The van der Waals surface area contributed by atoms with E-state index in [4.69, 9.17) is 44.9 Å². The predicted molar refractivity (Wildman–Crippen MR) is 591 cm³/mol. The van der Waals surface area contributed by atoms with Gasteiger partial charge in [0.1, 0.15) is 0 Å². The smallest absolute Gasteiger partial charge is 0.164 e. The number of hydrogen-bond acceptors (Lipinski definition) is 9. The lowest BCUT2D eigenvalue weighted by Crippen LogP contribution is -2.01. The number of fused-ring (bicyclic) bond motifs is 5. The zero-order chi connectivity index (χ0) is 93.6. The second kappa shape index (κ2) is 31.6. The van der Waals surface area contributed by atoms with Crippen molar-refractivity contribution < 1.29 is 0 Å². The lowest BCUT2D eigenvalue weighted by molar-refractivity contribution is 1.07. The molecule has 0 saturated heterocycles. The van der Waals surface area contributed by atoms with Crippen LogP contribution < -0.4 is 0 Å². The molecule has 0 fully saturated rings. The Balaban J connectivity index is 0.000000100. The zero-order valence-electron chi connectivity index (χ0n) is 76.7. The third kappa shape index (κ3) is 12.4. The summed E-state index contributed by atoms with van der Waals surface area (Å²) in [5, 5.41) is 36.1. The average Bonchev–Trinajstić information content (AvgIpc) is 1.55. The van der Waals surface area contributed by atoms with Gasteiger partial charge in [0.05, 0.1) is 38.8 Å². The van der Waals surface area contributed by atoms with E-state index in [-0.39, 0.29) is 0 Å². The summed E-state index contributed by atoms with van der Waals surface area (Å²) in [4.78, 5) is 45.0. The molecule has 0 unspecified atom stereocenters. The summed E-state index contributed by atoms with van der Waals surface area (Å²) in [5.74, 6) is 5.89. The lowest BCUT2D eigenvalue weighted by Gasteiger charge is -2.15. The average molecular weight is 1820 g/mol. The largest absolute Gasteiger partial charge is 0.309 e. The third-order valence-corrected chi connectivity index (χ3v) is 29.4. The van der Waals surface area contributed by atoms with Crippen LogP contribution in [0.5, 0.6) is 0 Å². The van der Waals surface area contributed by atoms with Crippen molar-refractivity contribution in [1.29, 1.82) is 0 Å². The molecule has 660 valence electrons. The van der Waals surface area contributed by atoms with E-state index in [1.54, 1.807) is 0 Å². The van der Waals surface area contributed by atoms with Gasteiger partial charge in [0.25, 0.3) is 0 Å². The molecule has 0 aliphatic carbocycles. The van der Waals surface area contributed by atoms with Crippen molar-refractivity contribution in [3.63, 3.8) is 0 Å². The highest BCUT2D eigenvalue weighted by molar-refractivity contribution is 6.43. The molecular weight excluding hydrogens is 1740 g/mol. The topological polar surface area (TPSA) is 131 Å². The van der Waals surface area contributed by atoms with Crippen molar-refractivity contribution in [2.45, 2.75) is 0 Å². The number of hydrogen-bond donors (Lipinski definition) is 0. The molecule has 6 aromatic heterocycles. The molecule has 32 rings (SSSR count). The first kappa shape index (κ1) is 79.8. The van der Waals surface area contributed by atoms with E-state index in [0.717, 1.165) is 83.3 Å². The Morgan fingerprint density at radius 3 is 0.811 bits per heavy atom. The van der Waals surface area contributed by atoms with Gasteiger partial charge in [-0.3, -0.25) is 0 Å². The lowest BCUT2D eigenvalue weighted by atomic mass is 9.89. The van der Waals surface area contributed by atoms with Crippen LogP contribution in [-0.4, -0.2) is 58.6 Å². The van der Waals surface area contributed by atoms with Crippen molar-refractivity contribution >= 4 is 184 Å². The van der Waals surface area contributed by atoms with Gasteiger partial charge in [-0.1, -0.05) is 370 Å². The SMILES string of the molecule is c1ccc(-c2nc(-c3ccc(-n4c5cccc6c7cccc8ccc9ccc4c(c9c87)c65)cc3)nc(-c3ccc4ccccc4c3)n2)cc1.c1ccc(-c2nc(-c3ccccc3)nc(-c3ccc(-n4c5cccc6c7cccc8ccc9ccc4c(c9c87)c65)c4ccccc34)n2)cc1.c1ccc(-c2nc(-c3ccccc3)nc(-c3cccc(-n4c5cccc6c7cccc8ccc9ccc4c(c9c87)c65)c3)n2)cc1. The molecule has 0 saturated carbocycles. The number of rotatable bonds is 12. The Kier molecular flexibility index (Phi) is 17.6. The summed E-state index contributed by atoms with van der Waals surface area (Å²) in [6.07, 6.45) is 0. The summed E-state index contributed by atoms with van der Waals surface area (Å²) >= 11 is 0. The fourth-order valence-corrected chi connectivity index (χ4v) is 23.2. The van der Waals surface area contributed by atoms with Gasteiger partial charge in [-0.15, -0.1) is 0 Å². The Labute approximate surface area is 817 Å². The van der Waals surface area contributed by atoms with E-state index in [2.05, 4.69) is 323 Å². The van der Waals surface area contributed by atoms with Crippen LogP contribution in [0.3, 0.4) is 0 Å². The molecule has 0 spiro atoms. The van der Waals surface area contributed by atoms with Crippen molar-refractivity contribution in [1.82, 2.24) is 58.6 Å². The molecule has 0 bridgehead atoms. The van der Waals surface area contributed by atoms with E-state index in [0.29, 0.717) is 52.4 Å². The third-order valence-electron chi connectivity index (χ3n) is 29.4. The fourth-order valence-electron chi connectivity index (χ4n) is 23.2. The Morgan fingerprint density at radius 1 is 0.126 bits per heavy atom. The van der Waals surface area contributed by atoms with Crippen LogP contribution in [-0.2, 0) is 0 Å². The number of nitrogens with zero attached hydrogens (tertiary/aromatic N) is 12. The molecule has 0 radical (unpaired) electrons. The summed E-state index contributed by atoms with van der Waals surface area (Å²) in [6, 6.07) is 163. The quantitative estimate of drug-likeness (QED) is 0.0866. The minimum atomic E-state index is 0.648. The molecule has 12 heteroatoms. The fraction of sp³-hybridized carbons (Fsp3) is 0. The highest BCUT2D eigenvalue weighted by atomic mass is 15.1. The predicted octanol–water partition coefficient (Wildman–Crippen LogP) is 33.2. The molecule has 0 atom stereocenters. The van der Waals surface area contributed by atoms with E-state index < -0.39 is 0 Å². The monoisotopic (exact) mass is 1820 g/mol. The van der Waals surface area contributed by atoms with Gasteiger partial charge in [0.2, 0.25) is 0 Å². The molecule has 32 aromatic rings. The van der Waals surface area contributed by atoms with E-state index in [1.165, 1.54) is 168 Å². The second-order valence-electron chi connectivity index (χ2n) is 37.3. The molecule has 0 amide bonds. The van der Waals surface area contributed by atoms with Gasteiger partial charge in [0, 0.05) is 115 Å². The Bertz CT molecular complexity index is 10600. The standard InChI is InChI=1S/2C45H26N4.C41H24N4/c1-3-11-29(12-4-1)43-46-44(30-13-5-2-6-14-30)48-45(47-43)35-24-26-36(32-17-8-7-16-31(32)35)49-37-20-10-19-34-33-18-9-15-27-21-22-28-23-25-38(49)42(41(34)37)40(28)39(27)33;1-2-9-30(10-3-1)43-46-44(48-45(47-43)33-19-16-27-8-4-5-11-32(27)26-33)31-20-23-34(24-21-31)49-37-15-7-14-36-35-13-6-12-28-17-18-29-22-25-38(49)42(41(36)37)40(29)39(28)35;1-3-10-27(11-4-1)39-42-40(28-12-5-2-6-13-28)44-41(43-39)29-15-7-16-30(24-29)45-33-19-9-18-32-31-17-8-14-25-20-21-26-22-23-34(45)38(37(32)33)36(26)35(25)31/h2*1-26H;1-24H. The first-order valence-electron chi connectivity index (χ1n) is 48.5. The van der Waals surface area contributed by atoms with Gasteiger partial charge in [-0.25, -0.2) is 44.9 Å². The number of aromatic nitrogens is 12. The van der Waals surface area contributed by atoms with Crippen LogP contribution in [0.2, 0.25) is 0 Å². The van der Waals surface area contributed by atoms with Crippen molar-refractivity contribution in [3.05, 3.63) is 461 Å². The maximum Gasteiger partial charge on any atom is 0.164 e. The van der Waals surface area contributed by atoms with Gasteiger partial charge in [0.15, 0.2) is 52.4 Å². The van der Waals surface area contributed by atoms with Gasteiger partial charge in [-0.2, -0.15) is 0 Å². The molecule has 0 aliphatic rings. The molecule has 26 aromatic carbocycles. The molecule has 143 heavy (non-hydrogen) atoms. The zero-order valence-corrected chi connectivity index (χ0v) is 76.7. The van der Waals surface area contributed by atoms with Crippen molar-refractivity contribution in [2.75, 3.05) is 0 Å². The molecule has 0 N–H and O–H groups in total. The van der Waals surface area contributed by atoms with Crippen LogP contribution >= 0.6 is 0 Å². The number of benzene rings is 26. The molecule has 12 nitrogen and oxygen atoms in total. The minimum Gasteiger partial charge on any atom is -0.309 e. The molecule has 0 aliphatic heterocycles. The van der Waals surface area contributed by atoms with Gasteiger partial charge in [-0.05, 0) is 188 Å². The van der Waals surface area contributed by atoms with Gasteiger partial charge >= 0.3 is 0 Å². The second-order valence-corrected chi connectivity index (χ2v) is 37.3. The van der Waals surface area contributed by atoms with E-state index >= 15 is 0 Å². The van der Waals surface area contributed by atoms with E-state index in [1.807, 2.05) is 152 Å². The van der Waals surface area contributed by atoms with Crippen LogP contribution in [0, 0.1) is 0 Å². The Hall–Kier alpha value is -19.4. The summed E-state index contributed by atoms with van der Waals surface area (Å²) in [6.45, 7) is 0. The summed E-state index contributed by atoms with van der Waals surface area (Å²) in [7, 11) is 0. The maximum absolute atomic E-state index is 5.09. The summed E-state index contributed by atoms with van der Waals surface area (Å²) in [5.41, 5.74) is 19.2. The normalized spacial score (nSPS) is 12.1. The van der Waals surface area contributed by atoms with Crippen LogP contribution in [0.25, 0.3) is 303 Å². The first-order chi connectivity index (χ1) is 70.9. The van der Waals surface area contributed by atoms with E-state index in [9.17, 15) is 0 Å². The van der Waals surface area contributed by atoms with Crippen LogP contribution in [0.4, 0.5) is 0 Å². The first-order valence-corrected chi connectivity index (χ1v) is 48.5. The maximum atomic E-state index is 5.09. The highest BCUT2D eigenvalue weighted by Gasteiger charge is 2.29. The van der Waals surface area contributed by atoms with Crippen LogP contribution in [0.1, 0.15) is 0 Å². The molecule has 6 heterocycles. The van der Waals surface area contributed by atoms with Crippen molar-refractivity contribution in [3.8, 4) is 120 Å². The summed E-state index contributed by atoms with van der Waals surface area (Å²) < 4.78 is 7.27. The Morgan fingerprint density at radius 2 is 0.392 bits per heavy atom. The van der Waals surface area contributed by atoms with Crippen molar-refractivity contribution in [2.24, 2.45) is 0 Å². The van der Waals surface area contributed by atoms with Gasteiger partial charge < -0.3 is 13.7 Å².